The van der Waals surface area contributed by atoms with E-state index in [1.807, 2.05) is 0 Å². The molecule has 1 aliphatic carbocycles. The van der Waals surface area contributed by atoms with E-state index in [9.17, 15) is 0 Å². The van der Waals surface area contributed by atoms with Gasteiger partial charge in [-0.25, -0.2) is 0 Å². The van der Waals surface area contributed by atoms with E-state index in [0.29, 0.717) is 19.3 Å². The molecule has 0 amide bonds. The molecule has 2 atom stereocenters. The van der Waals surface area contributed by atoms with Crippen molar-refractivity contribution >= 4 is 0 Å². The van der Waals surface area contributed by atoms with Crippen molar-refractivity contribution in [3.63, 3.8) is 0 Å². The van der Waals surface area contributed by atoms with Crippen molar-refractivity contribution in [2.24, 2.45) is 5.92 Å². The number of ether oxygens (including phenoxy) is 1. The van der Waals surface area contributed by atoms with Gasteiger partial charge in [-0.1, -0.05) is 26.2 Å². The van der Waals surface area contributed by atoms with Gasteiger partial charge in [0, 0.05) is 13.2 Å². The Hall–Kier alpha value is -0.120. The third-order valence-electron chi connectivity index (χ3n) is 3.06. The molecule has 2 unspecified atom stereocenters. The average molecular weight is 201 g/mol. The maximum absolute atomic E-state index is 5.37. The molecule has 0 aromatic heterocycles. The van der Waals surface area contributed by atoms with E-state index < -0.39 is 0 Å². The summed E-state index contributed by atoms with van der Waals surface area (Å²) in [5.41, 5.74) is 3.18. The predicted molar refractivity (Wildman–Crippen MR) is 57.0 cm³/mol. The molecule has 1 N–H and O–H groups in total. The number of nitrogens with one attached hydrogen (secondary N) is 1. The summed E-state index contributed by atoms with van der Waals surface area (Å²) in [4.78, 5) is 5.37. The Morgan fingerprint density at radius 3 is 2.71 bits per heavy atom. The van der Waals surface area contributed by atoms with Crippen molar-refractivity contribution in [2.75, 3.05) is 20.3 Å². The number of hydrogen-bond donors (Lipinski definition) is 1. The fourth-order valence-corrected chi connectivity index (χ4v) is 2.14. The lowest BCUT2D eigenvalue weighted by molar-refractivity contribution is -0.0307. The van der Waals surface area contributed by atoms with Crippen molar-refractivity contribution < 1.29 is 9.57 Å². The SMILES string of the molecule is CCC1CCCCC1NOCCOC. The largest absolute Gasteiger partial charge is 0.382 e. The normalized spacial score (nSPS) is 27.9. The second kappa shape index (κ2) is 7.21. The molecule has 0 spiro atoms. The molecule has 0 aliphatic heterocycles. The summed E-state index contributed by atoms with van der Waals surface area (Å²) in [5, 5.41) is 0. The van der Waals surface area contributed by atoms with Gasteiger partial charge in [-0.3, -0.25) is 4.84 Å². The predicted octanol–water partition coefficient (Wildman–Crippen LogP) is 2.12. The lowest BCUT2D eigenvalue weighted by Gasteiger charge is -2.30. The number of rotatable bonds is 6. The van der Waals surface area contributed by atoms with Crippen LogP contribution in [0, 0.1) is 5.92 Å². The summed E-state index contributed by atoms with van der Waals surface area (Å²) in [5.74, 6) is 0.797. The molecule has 0 radical (unpaired) electrons. The highest BCUT2D eigenvalue weighted by Crippen LogP contribution is 2.26. The fourth-order valence-electron chi connectivity index (χ4n) is 2.14. The third kappa shape index (κ3) is 3.95. The lowest BCUT2D eigenvalue weighted by atomic mass is 9.83. The first-order chi connectivity index (χ1) is 6.88. The van der Waals surface area contributed by atoms with Crippen molar-refractivity contribution in [1.82, 2.24) is 5.48 Å². The van der Waals surface area contributed by atoms with Gasteiger partial charge in [-0.2, -0.15) is 5.48 Å². The van der Waals surface area contributed by atoms with Crippen LogP contribution in [0.5, 0.6) is 0 Å². The smallest absolute Gasteiger partial charge is 0.0915 e. The van der Waals surface area contributed by atoms with Gasteiger partial charge in [-0.05, 0) is 18.8 Å². The zero-order valence-corrected chi connectivity index (χ0v) is 9.42. The van der Waals surface area contributed by atoms with E-state index in [1.54, 1.807) is 7.11 Å². The minimum atomic E-state index is 0.561. The zero-order chi connectivity index (χ0) is 10.2. The minimum Gasteiger partial charge on any atom is -0.382 e. The topological polar surface area (TPSA) is 30.5 Å². The molecule has 0 aromatic carbocycles. The first-order valence-corrected chi connectivity index (χ1v) is 5.74. The lowest BCUT2D eigenvalue weighted by Crippen LogP contribution is -2.38. The molecule has 0 aromatic rings. The molecule has 3 heteroatoms. The molecule has 0 heterocycles. The van der Waals surface area contributed by atoms with Crippen LogP contribution in [-0.4, -0.2) is 26.4 Å². The quantitative estimate of drug-likeness (QED) is 0.527. The van der Waals surface area contributed by atoms with Crippen LogP contribution in [-0.2, 0) is 9.57 Å². The van der Waals surface area contributed by atoms with E-state index in [4.69, 9.17) is 9.57 Å². The van der Waals surface area contributed by atoms with Crippen LogP contribution in [0.4, 0.5) is 0 Å². The molecule has 1 rings (SSSR count). The van der Waals surface area contributed by atoms with Crippen molar-refractivity contribution in [3.8, 4) is 0 Å². The van der Waals surface area contributed by atoms with Gasteiger partial charge in [0.2, 0.25) is 0 Å². The van der Waals surface area contributed by atoms with E-state index in [1.165, 1.54) is 32.1 Å². The first-order valence-electron chi connectivity index (χ1n) is 5.74. The Kier molecular flexibility index (Phi) is 6.15. The molecule has 0 bridgehead atoms. The van der Waals surface area contributed by atoms with Crippen LogP contribution in [0.1, 0.15) is 39.0 Å². The van der Waals surface area contributed by atoms with E-state index in [0.717, 1.165) is 5.92 Å². The Labute approximate surface area is 87.1 Å². The first kappa shape index (κ1) is 12.0. The van der Waals surface area contributed by atoms with Crippen molar-refractivity contribution in [3.05, 3.63) is 0 Å². The summed E-state index contributed by atoms with van der Waals surface area (Å²) in [6.07, 6.45) is 6.58. The van der Waals surface area contributed by atoms with Crippen LogP contribution >= 0.6 is 0 Å². The fraction of sp³-hybridized carbons (Fsp3) is 1.00. The van der Waals surface area contributed by atoms with Gasteiger partial charge in [0.1, 0.15) is 0 Å². The summed E-state index contributed by atoms with van der Waals surface area (Å²) in [7, 11) is 1.69. The van der Waals surface area contributed by atoms with Gasteiger partial charge in [-0.15, -0.1) is 0 Å². The second-order valence-corrected chi connectivity index (χ2v) is 4.02. The Bertz CT molecular complexity index is 141. The van der Waals surface area contributed by atoms with Gasteiger partial charge in [0.15, 0.2) is 0 Å². The molecule has 1 fully saturated rings. The molecule has 1 saturated carbocycles. The molecule has 3 nitrogen and oxygen atoms in total. The average Bonchev–Trinajstić information content (AvgIpc) is 2.25. The summed E-state index contributed by atoms with van der Waals surface area (Å²) in [6, 6.07) is 0.561. The van der Waals surface area contributed by atoms with Crippen LogP contribution in [0.2, 0.25) is 0 Å². The Morgan fingerprint density at radius 2 is 2.00 bits per heavy atom. The highest BCUT2D eigenvalue weighted by atomic mass is 16.7. The maximum atomic E-state index is 5.37. The molecular weight excluding hydrogens is 178 g/mol. The van der Waals surface area contributed by atoms with E-state index >= 15 is 0 Å². The number of hydrogen-bond acceptors (Lipinski definition) is 3. The second-order valence-electron chi connectivity index (χ2n) is 4.02. The minimum absolute atomic E-state index is 0.561. The van der Waals surface area contributed by atoms with Crippen LogP contribution < -0.4 is 5.48 Å². The van der Waals surface area contributed by atoms with E-state index in [2.05, 4.69) is 12.4 Å². The maximum Gasteiger partial charge on any atom is 0.0915 e. The van der Waals surface area contributed by atoms with E-state index in [-0.39, 0.29) is 0 Å². The van der Waals surface area contributed by atoms with Gasteiger partial charge in [0.25, 0.3) is 0 Å². The molecule has 84 valence electrons. The Morgan fingerprint density at radius 1 is 1.21 bits per heavy atom. The van der Waals surface area contributed by atoms with Crippen LogP contribution in [0.15, 0.2) is 0 Å². The summed E-state index contributed by atoms with van der Waals surface area (Å²) >= 11 is 0. The molecule has 0 saturated heterocycles. The molecular formula is C11H23NO2. The zero-order valence-electron chi connectivity index (χ0n) is 9.42. The highest BCUT2D eigenvalue weighted by Gasteiger charge is 2.23. The summed E-state index contributed by atoms with van der Waals surface area (Å²) in [6.45, 7) is 3.57. The third-order valence-corrected chi connectivity index (χ3v) is 3.06. The summed E-state index contributed by atoms with van der Waals surface area (Å²) < 4.78 is 4.92. The number of hydroxylamine groups is 1. The molecule has 1 aliphatic rings. The monoisotopic (exact) mass is 201 g/mol. The standard InChI is InChI=1S/C11H23NO2/c1-3-10-6-4-5-7-11(10)12-14-9-8-13-2/h10-12H,3-9H2,1-2H3. The Balaban J connectivity index is 2.13. The molecule has 14 heavy (non-hydrogen) atoms. The van der Waals surface area contributed by atoms with Gasteiger partial charge >= 0.3 is 0 Å². The van der Waals surface area contributed by atoms with Crippen LogP contribution in [0.25, 0.3) is 0 Å². The van der Waals surface area contributed by atoms with Gasteiger partial charge in [0.05, 0.1) is 13.2 Å². The highest BCUT2D eigenvalue weighted by molar-refractivity contribution is 4.77. The van der Waals surface area contributed by atoms with Gasteiger partial charge < -0.3 is 4.74 Å². The van der Waals surface area contributed by atoms with Crippen molar-refractivity contribution in [1.29, 1.82) is 0 Å². The van der Waals surface area contributed by atoms with Crippen molar-refractivity contribution in [2.45, 2.75) is 45.1 Å². The number of methoxy groups -OCH3 is 1. The van der Waals surface area contributed by atoms with Crippen LogP contribution in [0.3, 0.4) is 0 Å².